The van der Waals surface area contributed by atoms with E-state index < -0.39 is 21.1 Å². The van der Waals surface area contributed by atoms with Crippen LogP contribution in [-0.4, -0.2) is 26.1 Å². The van der Waals surface area contributed by atoms with Gasteiger partial charge in [0.1, 0.15) is 0 Å². The van der Waals surface area contributed by atoms with Crippen molar-refractivity contribution < 1.29 is 0 Å². The molecule has 0 unspecified atom stereocenters. The van der Waals surface area contributed by atoms with E-state index in [1.54, 1.807) is 6.20 Å². The topological polar surface area (TPSA) is 36.7 Å². The second kappa shape index (κ2) is 4.10. The summed E-state index contributed by atoms with van der Waals surface area (Å²) in [6.07, 6.45) is 3.52. The molecule has 0 atom stereocenters. The van der Waals surface area contributed by atoms with Crippen molar-refractivity contribution in [3.05, 3.63) is 24.0 Å². The molecule has 2 nitrogen and oxygen atoms in total. The van der Waals surface area contributed by atoms with Gasteiger partial charge in [0.2, 0.25) is 0 Å². The third-order valence-electron chi connectivity index (χ3n) is 1.39. The van der Waals surface area contributed by atoms with Crippen molar-refractivity contribution >= 4 is 24.7 Å². The van der Waals surface area contributed by atoms with Gasteiger partial charge >= 0.3 is 89.3 Å². The van der Waals surface area contributed by atoms with Crippen LogP contribution in [0.3, 0.4) is 0 Å². The molecule has 0 aromatic carbocycles. The average molecular weight is 279 g/mol. The molecular weight excluding hydrogens is 267 g/mol. The van der Waals surface area contributed by atoms with Crippen LogP contribution in [0.25, 0.3) is 0 Å². The Kier molecular flexibility index (Phi) is 3.32. The summed E-state index contributed by atoms with van der Waals surface area (Å²) in [5.74, 6) is 0. The van der Waals surface area contributed by atoms with Gasteiger partial charge in [0.15, 0.2) is 0 Å². The van der Waals surface area contributed by atoms with Gasteiger partial charge in [-0.15, -0.1) is 0 Å². The normalized spacial score (nSPS) is 10.9. The van der Waals surface area contributed by atoms with E-state index in [2.05, 4.69) is 31.8 Å². The molecule has 0 spiro atoms. The van der Waals surface area contributed by atoms with E-state index in [-0.39, 0.29) is 0 Å². The van der Waals surface area contributed by atoms with Crippen molar-refractivity contribution in [2.45, 2.75) is 24.2 Å². The SMILES string of the molecule is C[C](C)(C)[Sn][c]1cncc(C#N)c1. The van der Waals surface area contributed by atoms with Gasteiger partial charge in [0.25, 0.3) is 0 Å². The average Bonchev–Trinajstić information content (AvgIpc) is 2.01. The molecule has 1 aromatic heterocycles. The van der Waals surface area contributed by atoms with Crippen LogP contribution in [0.1, 0.15) is 26.3 Å². The second-order valence-electron chi connectivity index (χ2n) is 3.95. The Morgan fingerprint density at radius 2 is 2.08 bits per heavy atom. The van der Waals surface area contributed by atoms with Gasteiger partial charge in [0, 0.05) is 0 Å². The molecule has 0 fully saturated rings. The number of nitrogens with zero attached hydrogens (tertiary/aromatic N) is 2. The fourth-order valence-electron chi connectivity index (χ4n) is 1.00. The van der Waals surface area contributed by atoms with Crippen molar-refractivity contribution in [3.8, 4) is 6.07 Å². The number of nitriles is 1. The Morgan fingerprint density at radius 1 is 1.38 bits per heavy atom. The van der Waals surface area contributed by atoms with E-state index in [0.29, 0.717) is 8.99 Å². The minimum absolute atomic E-state index is 0.416. The zero-order valence-corrected chi connectivity index (χ0v) is 11.0. The van der Waals surface area contributed by atoms with Gasteiger partial charge in [-0.05, 0) is 0 Å². The van der Waals surface area contributed by atoms with Gasteiger partial charge in [0.05, 0.1) is 0 Å². The van der Waals surface area contributed by atoms with Crippen molar-refractivity contribution in [2.75, 3.05) is 0 Å². The standard InChI is InChI=1S/C6H3N2.C4H9.Sn/c7-4-6-2-1-3-8-5-6;1-4(2)3;/h2-3,5H;1-3H3;. The summed E-state index contributed by atoms with van der Waals surface area (Å²) in [4.78, 5) is 4.06. The van der Waals surface area contributed by atoms with Gasteiger partial charge < -0.3 is 0 Å². The van der Waals surface area contributed by atoms with E-state index in [0.717, 1.165) is 0 Å². The van der Waals surface area contributed by atoms with Gasteiger partial charge in [-0.3, -0.25) is 0 Å². The molecule has 66 valence electrons. The van der Waals surface area contributed by atoms with Crippen molar-refractivity contribution in [1.82, 2.24) is 4.98 Å². The first-order chi connectivity index (χ1) is 6.01. The predicted molar refractivity (Wildman–Crippen MR) is 54.1 cm³/mol. The molecule has 0 saturated heterocycles. The minimum atomic E-state index is -0.602. The maximum absolute atomic E-state index is 8.69. The van der Waals surface area contributed by atoms with E-state index in [1.807, 2.05) is 12.3 Å². The van der Waals surface area contributed by atoms with E-state index in [4.69, 9.17) is 5.26 Å². The molecule has 0 N–H and O–H groups in total. The maximum atomic E-state index is 8.69. The number of aromatic nitrogens is 1. The van der Waals surface area contributed by atoms with Crippen molar-refractivity contribution in [3.63, 3.8) is 0 Å². The summed E-state index contributed by atoms with van der Waals surface area (Å²) < 4.78 is 1.72. The molecule has 0 aliphatic carbocycles. The third kappa shape index (κ3) is 3.77. The summed E-state index contributed by atoms with van der Waals surface area (Å²) in [5, 5.41) is 8.69. The number of rotatable bonds is 1. The van der Waals surface area contributed by atoms with Crippen LogP contribution >= 0.6 is 0 Å². The number of hydrogen-bond donors (Lipinski definition) is 0. The van der Waals surface area contributed by atoms with Crippen molar-refractivity contribution in [1.29, 1.82) is 5.26 Å². The van der Waals surface area contributed by atoms with Gasteiger partial charge in [-0.1, -0.05) is 0 Å². The Labute approximate surface area is 89.2 Å². The first kappa shape index (κ1) is 10.5. The number of hydrogen-bond acceptors (Lipinski definition) is 2. The molecule has 13 heavy (non-hydrogen) atoms. The number of pyridine rings is 1. The zero-order valence-electron chi connectivity index (χ0n) is 8.13. The van der Waals surface area contributed by atoms with Crippen LogP contribution in [0.4, 0.5) is 0 Å². The van der Waals surface area contributed by atoms with Crippen LogP contribution in [0.2, 0.25) is 3.43 Å². The third-order valence-corrected chi connectivity index (χ3v) is 5.13. The molecule has 0 amide bonds. The first-order valence-corrected chi connectivity index (χ1v) is 7.00. The van der Waals surface area contributed by atoms with E-state index in [9.17, 15) is 0 Å². The van der Waals surface area contributed by atoms with E-state index >= 15 is 0 Å². The quantitative estimate of drug-likeness (QED) is 0.730. The first-order valence-electron chi connectivity index (χ1n) is 4.14. The molecule has 0 saturated carbocycles. The molecule has 0 bridgehead atoms. The van der Waals surface area contributed by atoms with E-state index in [1.165, 1.54) is 3.58 Å². The molecule has 2 radical (unpaired) electrons. The summed E-state index contributed by atoms with van der Waals surface area (Å²) in [6.45, 7) is 6.74. The van der Waals surface area contributed by atoms with Crippen molar-refractivity contribution in [2.24, 2.45) is 0 Å². The molecule has 3 heteroatoms. The monoisotopic (exact) mass is 280 g/mol. The molecule has 0 aliphatic rings. The van der Waals surface area contributed by atoms with Crippen LogP contribution < -0.4 is 3.58 Å². The predicted octanol–water partition coefficient (Wildman–Crippen LogP) is 1.50. The summed E-state index contributed by atoms with van der Waals surface area (Å²) in [7, 11) is 0. The Bertz CT molecular complexity index is 334. The summed E-state index contributed by atoms with van der Waals surface area (Å²) in [6, 6.07) is 4.09. The Morgan fingerprint density at radius 3 is 2.62 bits per heavy atom. The fourth-order valence-corrected chi connectivity index (χ4v) is 4.52. The second-order valence-corrected chi connectivity index (χ2v) is 10.6. The molecule has 0 aliphatic heterocycles. The molecular formula is C10H12N2Sn. The summed E-state index contributed by atoms with van der Waals surface area (Å²) >= 11 is -0.602. The summed E-state index contributed by atoms with van der Waals surface area (Å²) in [5.41, 5.74) is 0.683. The zero-order chi connectivity index (χ0) is 9.90. The van der Waals surface area contributed by atoms with Crippen LogP contribution in [0.15, 0.2) is 18.5 Å². The Hall–Kier alpha value is -0.561. The van der Waals surface area contributed by atoms with Crippen LogP contribution in [0, 0.1) is 11.3 Å². The molecule has 1 rings (SSSR count). The van der Waals surface area contributed by atoms with Gasteiger partial charge in [-0.25, -0.2) is 0 Å². The van der Waals surface area contributed by atoms with Crippen LogP contribution in [-0.2, 0) is 0 Å². The fraction of sp³-hybridized carbons (Fsp3) is 0.400. The molecule has 1 heterocycles. The van der Waals surface area contributed by atoms with Crippen LogP contribution in [0.5, 0.6) is 0 Å². The molecule has 1 aromatic rings. The Balaban J connectivity index is 2.86. The van der Waals surface area contributed by atoms with Gasteiger partial charge in [-0.2, -0.15) is 0 Å².